The zero-order valence-electron chi connectivity index (χ0n) is 19.6. The number of nitrogens with one attached hydrogen (secondary N) is 1. The van der Waals surface area contributed by atoms with Gasteiger partial charge in [-0.15, -0.1) is 0 Å². The van der Waals surface area contributed by atoms with Crippen molar-refractivity contribution in [2.75, 3.05) is 13.1 Å². The molecule has 1 aromatic heterocycles. The number of nitrogens with zero attached hydrogens (tertiary/aromatic N) is 2. The Bertz CT molecular complexity index is 1200. The minimum absolute atomic E-state index is 0.0543. The van der Waals surface area contributed by atoms with Crippen LogP contribution in [0, 0.1) is 13.8 Å². The van der Waals surface area contributed by atoms with Crippen molar-refractivity contribution < 1.29 is 14.3 Å². The molecule has 1 fully saturated rings. The summed E-state index contributed by atoms with van der Waals surface area (Å²) in [6, 6.07) is 17.7. The Morgan fingerprint density at radius 3 is 2.50 bits per heavy atom. The summed E-state index contributed by atoms with van der Waals surface area (Å²) in [5, 5.41) is 2.99. The Balaban J connectivity index is 1.30. The molecule has 1 unspecified atom stereocenters. The third kappa shape index (κ3) is 4.21. The van der Waals surface area contributed by atoms with Crippen LogP contribution in [-0.4, -0.2) is 34.8 Å². The molecule has 1 saturated heterocycles. The molecule has 5 rings (SSSR count). The van der Waals surface area contributed by atoms with E-state index in [0.29, 0.717) is 32.5 Å². The Kier molecular flexibility index (Phi) is 5.92. The van der Waals surface area contributed by atoms with E-state index < -0.39 is 11.7 Å². The van der Waals surface area contributed by atoms with Gasteiger partial charge in [0.25, 0.3) is 11.8 Å². The number of rotatable bonds is 4. The molecule has 0 aliphatic carbocycles. The molecule has 0 bridgehead atoms. The van der Waals surface area contributed by atoms with Crippen LogP contribution in [0.1, 0.15) is 57.1 Å². The van der Waals surface area contributed by atoms with Crippen LogP contribution in [-0.2, 0) is 21.7 Å². The lowest BCUT2D eigenvalue weighted by Crippen LogP contribution is -2.45. The van der Waals surface area contributed by atoms with E-state index in [0.717, 1.165) is 33.4 Å². The average molecular weight is 456 g/mol. The minimum atomic E-state index is -0.658. The van der Waals surface area contributed by atoms with Crippen molar-refractivity contribution in [1.29, 1.82) is 0 Å². The second-order valence-corrected chi connectivity index (χ2v) is 9.33. The molecule has 2 aliphatic heterocycles. The van der Waals surface area contributed by atoms with E-state index in [1.54, 1.807) is 12.4 Å². The monoisotopic (exact) mass is 455 g/mol. The Morgan fingerprint density at radius 1 is 1.06 bits per heavy atom. The molecular weight excluding hydrogens is 426 g/mol. The van der Waals surface area contributed by atoms with Crippen LogP contribution >= 0.6 is 0 Å². The fourth-order valence-electron chi connectivity index (χ4n) is 5.21. The molecule has 1 N–H and O–H groups in total. The van der Waals surface area contributed by atoms with E-state index in [1.807, 2.05) is 61.2 Å². The van der Waals surface area contributed by atoms with Crippen LogP contribution < -0.4 is 5.32 Å². The number of carbonyl (C=O) groups is 2. The molecule has 2 aromatic carbocycles. The van der Waals surface area contributed by atoms with Crippen molar-refractivity contribution >= 4 is 11.8 Å². The molecule has 174 valence electrons. The first kappa shape index (κ1) is 22.3. The number of aryl methyl sites for hydroxylation is 2. The highest BCUT2D eigenvalue weighted by Gasteiger charge is 2.49. The summed E-state index contributed by atoms with van der Waals surface area (Å²) in [4.78, 5) is 32.3. The van der Waals surface area contributed by atoms with Crippen molar-refractivity contribution in [3.8, 4) is 0 Å². The smallest absolute Gasteiger partial charge is 0.254 e. The van der Waals surface area contributed by atoms with Gasteiger partial charge in [0, 0.05) is 37.6 Å². The van der Waals surface area contributed by atoms with Crippen molar-refractivity contribution in [3.05, 3.63) is 100 Å². The Hall–Kier alpha value is -3.51. The zero-order valence-corrected chi connectivity index (χ0v) is 19.6. The van der Waals surface area contributed by atoms with Gasteiger partial charge in [-0.1, -0.05) is 47.5 Å². The highest BCUT2D eigenvalue weighted by atomic mass is 16.5. The fraction of sp³-hybridized carbons (Fsp3) is 0.321. The first-order valence-corrected chi connectivity index (χ1v) is 11.8. The van der Waals surface area contributed by atoms with Crippen molar-refractivity contribution in [2.24, 2.45) is 0 Å². The summed E-state index contributed by atoms with van der Waals surface area (Å²) in [6.07, 6.45) is 4.12. The fourth-order valence-corrected chi connectivity index (χ4v) is 5.21. The van der Waals surface area contributed by atoms with Gasteiger partial charge < -0.3 is 15.0 Å². The summed E-state index contributed by atoms with van der Waals surface area (Å²) in [5.74, 6) is -0.0967. The molecule has 0 saturated carbocycles. The number of carbonyl (C=O) groups excluding carboxylic acids is 2. The standard InChI is InChI=1S/C28H29N3O3/c1-19-14-20(2)16-22(15-19)27(33)31-12-9-28(10-13-31)24-8-4-3-7-23(24)25(34-28)26(32)30-18-21-6-5-11-29-17-21/h3-8,11,14-17,25H,9-10,12-13,18H2,1-2H3,(H,30,32). The third-order valence-electron chi connectivity index (χ3n) is 6.83. The van der Waals surface area contributed by atoms with Gasteiger partial charge in [-0.3, -0.25) is 14.6 Å². The van der Waals surface area contributed by atoms with Gasteiger partial charge in [0.15, 0.2) is 6.10 Å². The maximum atomic E-state index is 13.2. The molecule has 0 radical (unpaired) electrons. The first-order chi connectivity index (χ1) is 16.4. The molecule has 2 aliphatic rings. The van der Waals surface area contributed by atoms with E-state index in [9.17, 15) is 9.59 Å². The summed E-state index contributed by atoms with van der Waals surface area (Å²) < 4.78 is 6.52. The number of hydrogen-bond acceptors (Lipinski definition) is 4. The number of likely N-dealkylation sites (tertiary alicyclic amines) is 1. The summed E-state index contributed by atoms with van der Waals surface area (Å²) in [5.41, 5.74) is 5.28. The number of pyridine rings is 1. The predicted molar refractivity (Wildman–Crippen MR) is 129 cm³/mol. The van der Waals surface area contributed by atoms with Crippen LogP contribution in [0.15, 0.2) is 67.0 Å². The lowest BCUT2D eigenvalue weighted by atomic mass is 9.83. The van der Waals surface area contributed by atoms with E-state index >= 15 is 0 Å². The second kappa shape index (κ2) is 9.03. The highest BCUT2D eigenvalue weighted by Crippen LogP contribution is 2.49. The normalized spacial score (nSPS) is 18.5. The molecule has 1 spiro atoms. The quantitative estimate of drug-likeness (QED) is 0.640. The molecule has 2 amide bonds. The molecule has 3 aromatic rings. The first-order valence-electron chi connectivity index (χ1n) is 11.8. The summed E-state index contributed by atoms with van der Waals surface area (Å²) >= 11 is 0. The number of aromatic nitrogens is 1. The average Bonchev–Trinajstić information content (AvgIpc) is 3.17. The number of hydrogen-bond donors (Lipinski definition) is 1. The van der Waals surface area contributed by atoms with Crippen molar-refractivity contribution in [3.63, 3.8) is 0 Å². The summed E-state index contributed by atoms with van der Waals surface area (Å²) in [6.45, 7) is 5.60. The molecule has 6 nitrogen and oxygen atoms in total. The van der Waals surface area contributed by atoms with Crippen LogP contribution in [0.3, 0.4) is 0 Å². The minimum Gasteiger partial charge on any atom is -0.352 e. The zero-order chi connectivity index (χ0) is 23.7. The van der Waals surface area contributed by atoms with Gasteiger partial charge in [0.2, 0.25) is 0 Å². The van der Waals surface area contributed by atoms with E-state index in [4.69, 9.17) is 4.74 Å². The van der Waals surface area contributed by atoms with Crippen LogP contribution in [0.5, 0.6) is 0 Å². The number of amides is 2. The summed E-state index contributed by atoms with van der Waals surface area (Å²) in [7, 11) is 0. The third-order valence-corrected chi connectivity index (χ3v) is 6.83. The molecule has 34 heavy (non-hydrogen) atoms. The van der Waals surface area contributed by atoms with E-state index in [1.165, 1.54) is 0 Å². The lowest BCUT2D eigenvalue weighted by molar-refractivity contribution is -0.150. The predicted octanol–water partition coefficient (Wildman–Crippen LogP) is 4.22. The lowest BCUT2D eigenvalue weighted by Gasteiger charge is -2.39. The topological polar surface area (TPSA) is 71.5 Å². The van der Waals surface area contributed by atoms with Crippen LogP contribution in [0.4, 0.5) is 0 Å². The number of ether oxygens (including phenoxy) is 1. The van der Waals surface area contributed by atoms with Gasteiger partial charge in [0.05, 0.1) is 5.60 Å². The SMILES string of the molecule is Cc1cc(C)cc(C(=O)N2CCC3(CC2)OC(C(=O)NCc2cccnc2)c2ccccc23)c1. The largest absolute Gasteiger partial charge is 0.352 e. The van der Waals surface area contributed by atoms with Crippen molar-refractivity contribution in [1.82, 2.24) is 15.2 Å². The number of piperidine rings is 1. The van der Waals surface area contributed by atoms with E-state index in [-0.39, 0.29) is 11.8 Å². The Morgan fingerprint density at radius 2 is 1.79 bits per heavy atom. The van der Waals surface area contributed by atoms with Gasteiger partial charge in [-0.2, -0.15) is 0 Å². The Labute approximate surface area is 200 Å². The number of benzene rings is 2. The highest BCUT2D eigenvalue weighted by molar-refractivity contribution is 5.94. The maximum Gasteiger partial charge on any atom is 0.254 e. The second-order valence-electron chi connectivity index (χ2n) is 9.33. The van der Waals surface area contributed by atoms with Crippen LogP contribution in [0.2, 0.25) is 0 Å². The molecule has 1 atom stereocenters. The maximum absolute atomic E-state index is 13.2. The van der Waals surface area contributed by atoms with Gasteiger partial charge in [-0.05, 0) is 61.6 Å². The molecular formula is C28H29N3O3. The van der Waals surface area contributed by atoms with Gasteiger partial charge in [0.1, 0.15) is 0 Å². The van der Waals surface area contributed by atoms with Gasteiger partial charge >= 0.3 is 0 Å². The molecule has 6 heteroatoms. The van der Waals surface area contributed by atoms with Gasteiger partial charge in [-0.25, -0.2) is 0 Å². The van der Waals surface area contributed by atoms with Crippen LogP contribution in [0.25, 0.3) is 0 Å². The van der Waals surface area contributed by atoms with E-state index in [2.05, 4.69) is 22.4 Å². The van der Waals surface area contributed by atoms with Crippen molar-refractivity contribution in [2.45, 2.75) is 44.9 Å². The number of fused-ring (bicyclic) bond motifs is 2. The molecule has 3 heterocycles.